The van der Waals surface area contributed by atoms with Gasteiger partial charge in [-0.15, -0.1) is 0 Å². The minimum atomic E-state index is 0. The van der Waals surface area contributed by atoms with E-state index in [-0.39, 0.29) is 34.4 Å². The van der Waals surface area contributed by atoms with Crippen molar-refractivity contribution in [3.8, 4) is 5.75 Å². The first-order chi connectivity index (χ1) is 10.1. The molecule has 112 valence electrons. The molecule has 2 nitrogen and oxygen atoms in total. The maximum atomic E-state index is 12.5. The van der Waals surface area contributed by atoms with Crippen molar-refractivity contribution in [2.24, 2.45) is 0 Å². The Kier molecular flexibility index (Phi) is 7.91. The maximum absolute atomic E-state index is 12.5. The largest absolute Gasteiger partial charge is 1.00 e. The molecule has 0 saturated heterocycles. The van der Waals surface area contributed by atoms with Gasteiger partial charge in [-0.2, -0.15) is 0 Å². The average molecular weight is 308 g/mol. The van der Waals surface area contributed by atoms with Crippen molar-refractivity contribution in [3.05, 3.63) is 59.2 Å². The topological polar surface area (TPSA) is 26.3 Å². The van der Waals surface area contributed by atoms with Gasteiger partial charge in [0.1, 0.15) is 5.75 Å². The Morgan fingerprint density at radius 3 is 2.23 bits per heavy atom. The molecule has 0 amide bonds. The van der Waals surface area contributed by atoms with Gasteiger partial charge in [-0.05, 0) is 57.4 Å². The molecule has 2 aromatic rings. The van der Waals surface area contributed by atoms with Crippen LogP contribution in [-0.2, 0) is 0 Å². The van der Waals surface area contributed by atoms with Gasteiger partial charge >= 0.3 is 18.9 Å². The summed E-state index contributed by atoms with van der Waals surface area (Å²) in [5.74, 6) is 0.866. The molecule has 0 aromatic heterocycles. The van der Waals surface area contributed by atoms with Gasteiger partial charge in [0.2, 0.25) is 0 Å². The number of ether oxygens (including phenoxy) is 1. The molecule has 0 aliphatic carbocycles. The third-order valence-corrected chi connectivity index (χ3v) is 4.39. The minimum Gasteiger partial charge on any atom is -1.00 e. The number of hydrogen-bond donors (Lipinski definition) is 0. The second kappa shape index (κ2) is 9.16. The normalized spacial score (nSPS) is 10.5. The summed E-state index contributed by atoms with van der Waals surface area (Å²) in [6.45, 7) is 6.79. The van der Waals surface area contributed by atoms with Gasteiger partial charge < -0.3 is 6.16 Å². The van der Waals surface area contributed by atoms with Crippen LogP contribution in [0.4, 0.5) is 0 Å². The second-order valence-electron chi connectivity index (χ2n) is 5.09. The van der Waals surface area contributed by atoms with E-state index in [0.29, 0.717) is 0 Å². The molecule has 2 rings (SSSR count). The third-order valence-electron chi connectivity index (χ3n) is 3.29. The summed E-state index contributed by atoms with van der Waals surface area (Å²) in [5, 5.41) is 1.05. The first-order valence-electron chi connectivity index (χ1n) is 7.22. The van der Waals surface area contributed by atoms with Crippen LogP contribution >= 0.6 is 8.58 Å². The van der Waals surface area contributed by atoms with Crippen LogP contribution in [0.15, 0.2) is 42.5 Å². The molecule has 22 heavy (non-hydrogen) atoms. The van der Waals surface area contributed by atoms with Crippen LogP contribution in [0.1, 0.15) is 36.3 Å². The minimum absolute atomic E-state index is 0. The van der Waals surface area contributed by atoms with Crippen LogP contribution in [0, 0.1) is 13.8 Å². The predicted molar refractivity (Wildman–Crippen MR) is 91.5 cm³/mol. The molecule has 0 radical (unpaired) electrons. The number of rotatable bonds is 6. The zero-order valence-electron chi connectivity index (χ0n) is 14.8. The molecule has 0 spiro atoms. The van der Waals surface area contributed by atoms with Gasteiger partial charge in [0.05, 0.1) is 6.61 Å². The van der Waals surface area contributed by atoms with Crippen molar-refractivity contribution in [3.63, 3.8) is 0 Å². The van der Waals surface area contributed by atoms with Gasteiger partial charge in [-0.25, -0.2) is 0 Å². The maximum Gasteiger partial charge on any atom is 1.00 e. The Balaban J connectivity index is 0.00000242. The Morgan fingerprint density at radius 1 is 1.09 bits per heavy atom. The van der Waals surface area contributed by atoms with E-state index in [2.05, 4.69) is 6.92 Å². The van der Waals surface area contributed by atoms with Crippen molar-refractivity contribution in [2.45, 2.75) is 27.2 Å². The molecule has 1 atom stereocenters. The molecule has 0 aliphatic rings. The summed E-state index contributed by atoms with van der Waals surface area (Å²) in [4.78, 5) is 12.5. The van der Waals surface area contributed by atoms with E-state index in [9.17, 15) is 4.79 Å². The fourth-order valence-electron chi connectivity index (χ4n) is 2.22. The number of aryl methyl sites for hydroxylation is 2. The predicted octanol–water partition coefficient (Wildman–Crippen LogP) is 1.35. The van der Waals surface area contributed by atoms with Crippen molar-refractivity contribution >= 4 is 19.4 Å². The Bertz CT molecular complexity index is 609. The van der Waals surface area contributed by atoms with Crippen molar-refractivity contribution < 1.29 is 29.8 Å². The third kappa shape index (κ3) is 4.99. The van der Waals surface area contributed by atoms with E-state index >= 15 is 0 Å². The van der Waals surface area contributed by atoms with Gasteiger partial charge in [-0.3, -0.25) is 4.79 Å². The van der Waals surface area contributed by atoms with Crippen LogP contribution in [0.5, 0.6) is 5.75 Å². The van der Waals surface area contributed by atoms with Crippen LogP contribution in [0.2, 0.25) is 0 Å². The van der Waals surface area contributed by atoms with Crippen LogP contribution in [0.3, 0.4) is 0 Å². The van der Waals surface area contributed by atoms with Crippen molar-refractivity contribution in [1.29, 1.82) is 0 Å². The van der Waals surface area contributed by atoms with Crippen LogP contribution < -0.4 is 28.9 Å². The van der Waals surface area contributed by atoms with E-state index in [1.807, 2.05) is 56.3 Å². The second-order valence-corrected chi connectivity index (χ2v) is 6.38. The molecule has 2 aromatic carbocycles. The summed E-state index contributed by atoms with van der Waals surface area (Å²) in [6, 6.07) is 13.8. The first-order valence-corrected chi connectivity index (χ1v) is 8.22. The van der Waals surface area contributed by atoms with Gasteiger partial charge in [0, 0.05) is 5.56 Å². The fourth-order valence-corrected chi connectivity index (χ4v) is 3.34. The molecular weight excluding hydrogens is 286 g/mol. The quantitative estimate of drug-likeness (QED) is 0.595. The molecule has 0 heterocycles. The Labute approximate surface area is 148 Å². The number of hydrogen-bond acceptors (Lipinski definition) is 2. The van der Waals surface area contributed by atoms with Crippen LogP contribution in [0.25, 0.3) is 0 Å². The molecule has 0 fully saturated rings. The van der Waals surface area contributed by atoms with E-state index in [1.165, 1.54) is 0 Å². The van der Waals surface area contributed by atoms with E-state index in [0.717, 1.165) is 40.8 Å². The van der Waals surface area contributed by atoms with E-state index in [4.69, 9.17) is 4.74 Å². The molecule has 0 aliphatic heterocycles. The zero-order chi connectivity index (χ0) is 15.2. The molecule has 0 N–H and O–H groups in total. The first kappa shape index (κ1) is 19.0. The molecule has 1 unspecified atom stereocenters. The SMILES string of the molecule is CCCOc1ccc(PC(=O)c2c(C)cccc2C)cc1.[H-].[Li+]. The summed E-state index contributed by atoms with van der Waals surface area (Å²) < 4.78 is 5.56. The molecule has 0 saturated carbocycles. The average Bonchev–Trinajstić information content (AvgIpc) is 2.46. The van der Waals surface area contributed by atoms with E-state index < -0.39 is 0 Å². The monoisotopic (exact) mass is 308 g/mol. The standard InChI is InChI=1S/C18H21O2P.Li.H/c1-4-12-20-15-8-10-16(11-9-15)21-18(19)17-13(2)6-5-7-14(17)3;;/h5-11,21H,4,12H2,1-3H3;;/q;+1;-1. The smallest absolute Gasteiger partial charge is 1.00 e. The molecule has 4 heteroatoms. The summed E-state index contributed by atoms with van der Waals surface area (Å²) in [7, 11) is 0.153. The summed E-state index contributed by atoms with van der Waals surface area (Å²) in [5.41, 5.74) is 3.17. The van der Waals surface area contributed by atoms with Gasteiger partial charge in [0.15, 0.2) is 5.52 Å². The van der Waals surface area contributed by atoms with Crippen molar-refractivity contribution in [2.75, 3.05) is 6.61 Å². The summed E-state index contributed by atoms with van der Waals surface area (Å²) in [6.07, 6.45) is 0.995. The number of carbonyl (C=O) groups excluding carboxylic acids is 1. The van der Waals surface area contributed by atoms with Crippen molar-refractivity contribution in [1.82, 2.24) is 0 Å². The fraction of sp³-hybridized carbons (Fsp3) is 0.278. The zero-order valence-corrected chi connectivity index (χ0v) is 14.8. The Hall–Kier alpha value is -1.06. The number of benzene rings is 2. The summed E-state index contributed by atoms with van der Waals surface area (Å²) >= 11 is 0. The van der Waals surface area contributed by atoms with E-state index in [1.54, 1.807) is 0 Å². The van der Waals surface area contributed by atoms with Crippen LogP contribution in [-0.4, -0.2) is 12.1 Å². The Morgan fingerprint density at radius 2 is 1.68 bits per heavy atom. The molecule has 0 bridgehead atoms. The van der Waals surface area contributed by atoms with Gasteiger partial charge in [-0.1, -0.05) is 37.3 Å². The molecular formula is C18H22LiO2P. The number of carbonyl (C=O) groups is 1. The van der Waals surface area contributed by atoms with Gasteiger partial charge in [0.25, 0.3) is 0 Å².